The number of carbonyl (C=O) groups is 1. The molecule has 6 nitrogen and oxygen atoms in total. The molecule has 0 aliphatic heterocycles. The van der Waals surface area contributed by atoms with Crippen LogP contribution in [0.1, 0.15) is 13.8 Å². The first-order valence-corrected chi connectivity index (χ1v) is 5.84. The standard InChI is InChI=1S/C11H13NO5S/c1-11(2,10(13)14)18-9-5-7(12(15)16)4-8(6-9)17-3/h4-6H,1-3H3,(H,13,14). The van der Waals surface area contributed by atoms with Gasteiger partial charge in [0, 0.05) is 11.0 Å². The molecule has 0 spiro atoms. The summed E-state index contributed by atoms with van der Waals surface area (Å²) in [6.45, 7) is 3.07. The number of ether oxygens (including phenoxy) is 1. The molecule has 0 bridgehead atoms. The summed E-state index contributed by atoms with van der Waals surface area (Å²) in [5, 5.41) is 19.8. The number of benzene rings is 1. The summed E-state index contributed by atoms with van der Waals surface area (Å²) in [6.07, 6.45) is 0. The monoisotopic (exact) mass is 271 g/mol. The number of hydrogen-bond acceptors (Lipinski definition) is 5. The van der Waals surface area contributed by atoms with E-state index < -0.39 is 15.6 Å². The topological polar surface area (TPSA) is 89.7 Å². The molecule has 1 rings (SSSR count). The lowest BCUT2D eigenvalue weighted by Gasteiger charge is -2.18. The minimum atomic E-state index is -1.07. The Labute approximate surface area is 108 Å². The predicted octanol–water partition coefficient (Wildman–Crippen LogP) is 2.56. The lowest BCUT2D eigenvalue weighted by molar-refractivity contribution is -0.385. The number of carboxylic acids is 1. The molecule has 18 heavy (non-hydrogen) atoms. The van der Waals surface area contributed by atoms with Crippen molar-refractivity contribution in [2.75, 3.05) is 7.11 Å². The van der Waals surface area contributed by atoms with Crippen LogP contribution in [0.25, 0.3) is 0 Å². The van der Waals surface area contributed by atoms with Gasteiger partial charge in [0.1, 0.15) is 10.5 Å². The second-order valence-electron chi connectivity index (χ2n) is 4.04. The number of methoxy groups -OCH3 is 1. The molecule has 1 aromatic carbocycles. The zero-order valence-corrected chi connectivity index (χ0v) is 11.0. The van der Waals surface area contributed by atoms with E-state index in [0.717, 1.165) is 11.8 Å². The number of nitrogens with zero attached hydrogens (tertiary/aromatic N) is 1. The SMILES string of the molecule is COc1cc(SC(C)(C)C(=O)O)cc([N+](=O)[O-])c1. The molecule has 0 heterocycles. The van der Waals surface area contributed by atoms with Crippen LogP contribution in [0.15, 0.2) is 23.1 Å². The van der Waals surface area contributed by atoms with Crippen molar-refractivity contribution in [1.29, 1.82) is 0 Å². The molecular formula is C11H13NO5S. The van der Waals surface area contributed by atoms with E-state index in [2.05, 4.69) is 0 Å². The van der Waals surface area contributed by atoms with Gasteiger partial charge in [-0.05, 0) is 19.9 Å². The predicted molar refractivity (Wildman–Crippen MR) is 67.2 cm³/mol. The van der Waals surface area contributed by atoms with Gasteiger partial charge < -0.3 is 9.84 Å². The van der Waals surface area contributed by atoms with Crippen LogP contribution < -0.4 is 4.74 Å². The average molecular weight is 271 g/mol. The lowest BCUT2D eigenvalue weighted by Crippen LogP contribution is -2.26. The molecule has 0 fully saturated rings. The normalized spacial score (nSPS) is 11.1. The van der Waals surface area contributed by atoms with Crippen molar-refractivity contribution in [2.24, 2.45) is 0 Å². The van der Waals surface area contributed by atoms with Crippen LogP contribution in [0.4, 0.5) is 5.69 Å². The lowest BCUT2D eigenvalue weighted by atomic mass is 10.2. The Morgan fingerprint density at radius 2 is 2.06 bits per heavy atom. The van der Waals surface area contributed by atoms with Gasteiger partial charge in [0.2, 0.25) is 0 Å². The molecule has 0 amide bonds. The number of nitro benzene ring substituents is 1. The van der Waals surface area contributed by atoms with E-state index in [4.69, 9.17) is 9.84 Å². The molecule has 0 saturated carbocycles. The molecular weight excluding hydrogens is 258 g/mol. The zero-order valence-electron chi connectivity index (χ0n) is 10.2. The van der Waals surface area contributed by atoms with Crippen molar-refractivity contribution in [1.82, 2.24) is 0 Å². The molecule has 7 heteroatoms. The van der Waals surface area contributed by atoms with Crippen molar-refractivity contribution >= 4 is 23.4 Å². The number of carboxylic acid groups (broad SMARTS) is 1. The first-order valence-electron chi connectivity index (χ1n) is 5.02. The van der Waals surface area contributed by atoms with E-state index in [0.29, 0.717) is 10.6 Å². The number of nitro groups is 1. The van der Waals surface area contributed by atoms with Gasteiger partial charge in [-0.15, -0.1) is 11.8 Å². The highest BCUT2D eigenvalue weighted by Gasteiger charge is 2.29. The first kappa shape index (κ1) is 14.3. The largest absolute Gasteiger partial charge is 0.496 e. The van der Waals surface area contributed by atoms with E-state index in [9.17, 15) is 14.9 Å². The van der Waals surface area contributed by atoms with Gasteiger partial charge in [-0.2, -0.15) is 0 Å². The number of aliphatic carboxylic acids is 1. The van der Waals surface area contributed by atoms with E-state index in [-0.39, 0.29) is 5.69 Å². The summed E-state index contributed by atoms with van der Waals surface area (Å²) in [5.74, 6) is -0.661. The minimum absolute atomic E-state index is 0.127. The van der Waals surface area contributed by atoms with Crippen molar-refractivity contribution in [2.45, 2.75) is 23.5 Å². The van der Waals surface area contributed by atoms with E-state index >= 15 is 0 Å². The minimum Gasteiger partial charge on any atom is -0.496 e. The number of hydrogen-bond donors (Lipinski definition) is 1. The van der Waals surface area contributed by atoms with Crippen molar-refractivity contribution in [3.05, 3.63) is 28.3 Å². The smallest absolute Gasteiger partial charge is 0.319 e. The molecule has 0 atom stereocenters. The van der Waals surface area contributed by atoms with Crippen LogP contribution in [-0.4, -0.2) is 27.9 Å². The Kier molecular flexibility index (Phi) is 4.18. The van der Waals surface area contributed by atoms with Gasteiger partial charge in [0.15, 0.2) is 0 Å². The van der Waals surface area contributed by atoms with Crippen LogP contribution in [0.3, 0.4) is 0 Å². The van der Waals surface area contributed by atoms with Crippen molar-refractivity contribution in [3.63, 3.8) is 0 Å². The summed E-state index contributed by atoms with van der Waals surface area (Å²) in [4.78, 5) is 21.7. The number of thioether (sulfide) groups is 1. The summed E-state index contributed by atoms with van der Waals surface area (Å²) >= 11 is 1.03. The number of non-ortho nitro benzene ring substituents is 1. The Hall–Kier alpha value is -1.76. The van der Waals surface area contributed by atoms with Crippen LogP contribution >= 0.6 is 11.8 Å². The maximum absolute atomic E-state index is 11.0. The third-order valence-corrected chi connectivity index (χ3v) is 3.36. The molecule has 0 aliphatic rings. The second-order valence-corrected chi connectivity index (χ2v) is 5.74. The Bertz CT molecular complexity index is 486. The highest BCUT2D eigenvalue weighted by Crippen LogP contribution is 2.36. The van der Waals surface area contributed by atoms with Crippen LogP contribution in [-0.2, 0) is 4.79 Å². The second kappa shape index (κ2) is 5.26. The van der Waals surface area contributed by atoms with E-state index in [1.165, 1.54) is 33.1 Å². The van der Waals surface area contributed by atoms with E-state index in [1.54, 1.807) is 6.07 Å². The fourth-order valence-electron chi connectivity index (χ4n) is 1.18. The fraction of sp³-hybridized carbons (Fsp3) is 0.364. The number of rotatable bonds is 5. The molecule has 98 valence electrons. The molecule has 0 aliphatic carbocycles. The third kappa shape index (κ3) is 3.36. The Morgan fingerprint density at radius 1 is 1.44 bits per heavy atom. The van der Waals surface area contributed by atoms with Crippen molar-refractivity contribution in [3.8, 4) is 5.75 Å². The summed E-state index contributed by atoms with van der Waals surface area (Å²) in [6, 6.07) is 4.19. The Balaban J connectivity index is 3.13. The van der Waals surface area contributed by atoms with E-state index in [1.807, 2.05) is 0 Å². The molecule has 0 aromatic heterocycles. The van der Waals surface area contributed by atoms with Gasteiger partial charge in [-0.25, -0.2) is 0 Å². The summed E-state index contributed by atoms with van der Waals surface area (Å²) in [7, 11) is 1.40. The van der Waals surface area contributed by atoms with Gasteiger partial charge in [0.05, 0.1) is 18.1 Å². The van der Waals surface area contributed by atoms with Gasteiger partial charge in [0.25, 0.3) is 5.69 Å². The maximum atomic E-state index is 11.0. The zero-order chi connectivity index (χ0) is 13.9. The quantitative estimate of drug-likeness (QED) is 0.503. The fourth-order valence-corrected chi connectivity index (χ4v) is 2.21. The van der Waals surface area contributed by atoms with Crippen molar-refractivity contribution < 1.29 is 19.6 Å². The third-order valence-electron chi connectivity index (χ3n) is 2.20. The van der Waals surface area contributed by atoms with Gasteiger partial charge >= 0.3 is 5.97 Å². The first-order chi connectivity index (χ1) is 8.26. The van der Waals surface area contributed by atoms with Crippen LogP contribution in [0.5, 0.6) is 5.75 Å². The van der Waals surface area contributed by atoms with Gasteiger partial charge in [-0.1, -0.05) is 0 Å². The Morgan fingerprint density at radius 3 is 2.50 bits per heavy atom. The average Bonchev–Trinajstić information content (AvgIpc) is 2.27. The van der Waals surface area contributed by atoms with Gasteiger partial charge in [-0.3, -0.25) is 14.9 Å². The van der Waals surface area contributed by atoms with Crippen LogP contribution in [0.2, 0.25) is 0 Å². The molecule has 0 unspecified atom stereocenters. The maximum Gasteiger partial charge on any atom is 0.319 e. The highest BCUT2D eigenvalue weighted by atomic mass is 32.2. The molecule has 1 N–H and O–H groups in total. The summed E-state index contributed by atoms with van der Waals surface area (Å²) in [5.41, 5.74) is -0.127. The molecule has 0 radical (unpaired) electrons. The summed E-state index contributed by atoms with van der Waals surface area (Å²) < 4.78 is 3.89. The highest BCUT2D eigenvalue weighted by molar-refractivity contribution is 8.01. The van der Waals surface area contributed by atoms with Crippen LogP contribution in [0, 0.1) is 10.1 Å². The molecule has 0 saturated heterocycles. The molecule has 1 aromatic rings.